The van der Waals surface area contributed by atoms with E-state index in [1.807, 2.05) is 32.0 Å². The third kappa shape index (κ3) is 3.66. The molecule has 1 aliphatic carbocycles. The summed E-state index contributed by atoms with van der Waals surface area (Å²) in [5, 5.41) is 3.59. The molecule has 0 unspecified atom stereocenters. The van der Waals surface area contributed by atoms with Crippen molar-refractivity contribution in [1.29, 1.82) is 0 Å². The summed E-state index contributed by atoms with van der Waals surface area (Å²) < 4.78 is 5.65. The van der Waals surface area contributed by atoms with Crippen LogP contribution in [0.25, 0.3) is 0 Å². The van der Waals surface area contributed by atoms with Crippen LogP contribution in [0.1, 0.15) is 49.7 Å². The number of hydrazine groups is 1. The number of rotatable bonds is 5. The first-order valence-electron chi connectivity index (χ1n) is 9.07. The number of urea groups is 1. The largest absolute Gasteiger partial charge is 0.493 e. The van der Waals surface area contributed by atoms with Crippen LogP contribution < -0.4 is 15.5 Å². The molecule has 1 spiro atoms. The highest BCUT2D eigenvalue weighted by Crippen LogP contribution is 2.33. The van der Waals surface area contributed by atoms with E-state index in [1.54, 1.807) is 0 Å². The van der Waals surface area contributed by atoms with Crippen molar-refractivity contribution < 1.29 is 19.1 Å². The van der Waals surface area contributed by atoms with Gasteiger partial charge in [0.15, 0.2) is 0 Å². The highest BCUT2D eigenvalue weighted by Gasteiger charge is 2.52. The molecule has 0 aromatic heterocycles. The molecule has 0 bridgehead atoms. The Hall–Kier alpha value is -2.57. The maximum Gasteiger partial charge on any atom is 0.344 e. The van der Waals surface area contributed by atoms with Crippen LogP contribution in [0.4, 0.5) is 4.79 Å². The Morgan fingerprint density at radius 2 is 1.96 bits per heavy atom. The number of imide groups is 1. The van der Waals surface area contributed by atoms with E-state index in [2.05, 4.69) is 10.7 Å². The number of nitrogens with zero attached hydrogens (tertiary/aromatic N) is 1. The van der Waals surface area contributed by atoms with Crippen LogP contribution in [0.2, 0.25) is 0 Å². The predicted molar refractivity (Wildman–Crippen MR) is 95.4 cm³/mol. The highest BCUT2D eigenvalue weighted by molar-refractivity contribution is 6.08. The molecule has 1 heterocycles. The van der Waals surface area contributed by atoms with E-state index >= 15 is 0 Å². The van der Waals surface area contributed by atoms with Gasteiger partial charge in [-0.25, -0.2) is 4.79 Å². The van der Waals surface area contributed by atoms with Crippen LogP contribution in [0, 0.1) is 13.8 Å². The van der Waals surface area contributed by atoms with Crippen molar-refractivity contribution in [3.8, 4) is 5.75 Å². The van der Waals surface area contributed by atoms with Gasteiger partial charge < -0.3 is 10.1 Å². The first-order chi connectivity index (χ1) is 12.4. The zero-order chi connectivity index (χ0) is 18.7. The van der Waals surface area contributed by atoms with Crippen LogP contribution in [0.3, 0.4) is 0 Å². The van der Waals surface area contributed by atoms with Crippen molar-refractivity contribution in [2.24, 2.45) is 0 Å². The van der Waals surface area contributed by atoms with Gasteiger partial charge in [-0.05, 0) is 43.9 Å². The van der Waals surface area contributed by atoms with E-state index in [4.69, 9.17) is 4.74 Å². The number of hydrogen-bond donors (Lipinski definition) is 2. The lowest BCUT2D eigenvalue weighted by Gasteiger charge is -2.30. The molecule has 7 heteroatoms. The van der Waals surface area contributed by atoms with Gasteiger partial charge in [-0.3, -0.25) is 15.0 Å². The van der Waals surface area contributed by atoms with Gasteiger partial charge in [-0.2, -0.15) is 5.01 Å². The van der Waals surface area contributed by atoms with Crippen LogP contribution in [0.15, 0.2) is 18.2 Å². The number of nitrogens with one attached hydrogen (secondary N) is 2. The molecule has 4 amide bonds. The van der Waals surface area contributed by atoms with Crippen molar-refractivity contribution in [1.82, 2.24) is 15.8 Å². The Labute approximate surface area is 153 Å². The lowest BCUT2D eigenvalue weighted by molar-refractivity contribution is -0.140. The molecule has 2 fully saturated rings. The molecule has 7 nitrogen and oxygen atoms in total. The first-order valence-corrected chi connectivity index (χ1v) is 9.07. The van der Waals surface area contributed by atoms with E-state index in [9.17, 15) is 14.4 Å². The van der Waals surface area contributed by atoms with Gasteiger partial charge in [-0.1, -0.05) is 31.4 Å². The van der Waals surface area contributed by atoms with Gasteiger partial charge in [0.25, 0.3) is 5.91 Å². The normalized spacial score (nSPS) is 18.8. The minimum atomic E-state index is -0.836. The average Bonchev–Trinajstić information content (AvgIpc) is 2.83. The Morgan fingerprint density at radius 3 is 2.69 bits per heavy atom. The van der Waals surface area contributed by atoms with Gasteiger partial charge >= 0.3 is 6.03 Å². The topological polar surface area (TPSA) is 87.7 Å². The number of benzene rings is 1. The van der Waals surface area contributed by atoms with Gasteiger partial charge in [0.2, 0.25) is 5.91 Å². The fraction of sp³-hybridized carbons (Fsp3) is 0.526. The van der Waals surface area contributed by atoms with Crippen LogP contribution in [-0.4, -0.2) is 35.0 Å². The molecule has 1 aromatic carbocycles. The molecule has 0 radical (unpaired) electrons. The third-order valence-electron chi connectivity index (χ3n) is 5.04. The minimum Gasteiger partial charge on any atom is -0.493 e. The minimum absolute atomic E-state index is 0.0530. The van der Waals surface area contributed by atoms with Gasteiger partial charge in [-0.15, -0.1) is 0 Å². The molecule has 1 saturated carbocycles. The van der Waals surface area contributed by atoms with Crippen LogP contribution >= 0.6 is 0 Å². The molecule has 0 atom stereocenters. The maximum absolute atomic E-state index is 12.6. The second-order valence-electron chi connectivity index (χ2n) is 7.12. The quantitative estimate of drug-likeness (QED) is 0.790. The number of carbonyl (C=O) groups is 3. The summed E-state index contributed by atoms with van der Waals surface area (Å²) in [7, 11) is 0. The first kappa shape index (κ1) is 18.2. The standard InChI is InChI=1S/C19H25N3O4/c1-13-6-7-14(2)15(12-13)26-11-8-16(23)21-22-17(24)19(20-18(22)25)9-4-3-5-10-19/h6-7,12H,3-5,8-11H2,1-2H3,(H,20,25)(H,21,23). The molecule has 2 aliphatic rings. The number of carbonyl (C=O) groups excluding carboxylic acids is 3. The van der Waals surface area contributed by atoms with E-state index in [1.165, 1.54) is 0 Å². The van der Waals surface area contributed by atoms with Gasteiger partial charge in [0.05, 0.1) is 13.0 Å². The third-order valence-corrected chi connectivity index (χ3v) is 5.04. The Bertz CT molecular complexity index is 725. The molecule has 140 valence electrons. The number of aryl methyl sites for hydroxylation is 2. The Kier molecular flexibility index (Phi) is 5.15. The zero-order valence-electron chi connectivity index (χ0n) is 15.3. The summed E-state index contributed by atoms with van der Waals surface area (Å²) in [4.78, 5) is 36.9. The fourth-order valence-electron chi connectivity index (χ4n) is 3.51. The highest BCUT2D eigenvalue weighted by atomic mass is 16.5. The SMILES string of the molecule is Cc1ccc(C)c(OCCC(=O)NN2C(=O)NC3(CCCCC3)C2=O)c1. The monoisotopic (exact) mass is 359 g/mol. The second kappa shape index (κ2) is 7.35. The molecular formula is C19H25N3O4. The lowest BCUT2D eigenvalue weighted by Crippen LogP contribution is -2.51. The molecule has 1 aromatic rings. The summed E-state index contributed by atoms with van der Waals surface area (Å²) >= 11 is 0. The van der Waals surface area contributed by atoms with Crippen molar-refractivity contribution >= 4 is 17.8 Å². The second-order valence-corrected chi connectivity index (χ2v) is 7.12. The van der Waals surface area contributed by atoms with Crippen molar-refractivity contribution in [2.45, 2.75) is 57.9 Å². The summed E-state index contributed by atoms with van der Waals surface area (Å²) in [5.74, 6) is -0.0494. The van der Waals surface area contributed by atoms with Crippen LogP contribution in [-0.2, 0) is 9.59 Å². The average molecular weight is 359 g/mol. The number of hydrogen-bond acceptors (Lipinski definition) is 4. The Morgan fingerprint density at radius 1 is 1.23 bits per heavy atom. The van der Waals surface area contributed by atoms with Crippen molar-refractivity contribution in [2.75, 3.05) is 6.61 Å². The number of amides is 4. The molecule has 26 heavy (non-hydrogen) atoms. The summed E-state index contributed by atoms with van der Waals surface area (Å²) in [6, 6.07) is 5.31. The summed E-state index contributed by atoms with van der Waals surface area (Å²) in [6.07, 6.45) is 4.17. The number of ether oxygens (including phenoxy) is 1. The molecule has 1 saturated heterocycles. The fourth-order valence-corrected chi connectivity index (χ4v) is 3.51. The van der Waals surface area contributed by atoms with Crippen molar-refractivity contribution in [3.63, 3.8) is 0 Å². The summed E-state index contributed by atoms with van der Waals surface area (Å²) in [5.41, 5.74) is 3.65. The van der Waals surface area contributed by atoms with E-state index < -0.39 is 17.5 Å². The smallest absolute Gasteiger partial charge is 0.344 e. The predicted octanol–water partition coefficient (Wildman–Crippen LogP) is 2.36. The molecule has 2 N–H and O–H groups in total. The summed E-state index contributed by atoms with van der Waals surface area (Å²) in [6.45, 7) is 4.08. The lowest BCUT2D eigenvalue weighted by atomic mass is 9.82. The maximum atomic E-state index is 12.6. The zero-order valence-corrected chi connectivity index (χ0v) is 15.3. The van der Waals surface area contributed by atoms with Crippen LogP contribution in [0.5, 0.6) is 5.75 Å². The molecule has 3 rings (SSSR count). The van der Waals surface area contributed by atoms with E-state index in [0.29, 0.717) is 12.8 Å². The van der Waals surface area contributed by atoms with Gasteiger partial charge in [0.1, 0.15) is 11.3 Å². The van der Waals surface area contributed by atoms with Crippen molar-refractivity contribution in [3.05, 3.63) is 29.3 Å². The van der Waals surface area contributed by atoms with E-state index in [0.717, 1.165) is 41.1 Å². The Balaban J connectivity index is 1.52. The van der Waals surface area contributed by atoms with Gasteiger partial charge in [0, 0.05) is 0 Å². The molecular weight excluding hydrogens is 334 g/mol. The molecule has 1 aliphatic heterocycles. The van der Waals surface area contributed by atoms with E-state index in [-0.39, 0.29) is 18.9 Å².